The lowest BCUT2D eigenvalue weighted by atomic mass is 10.1. The second-order valence-electron chi connectivity index (χ2n) is 2.89. The minimum Gasteiger partial charge on any atom is -0.495 e. The average Bonchev–Trinajstić information content (AvgIpc) is 2.08. The Morgan fingerprint density at radius 2 is 2.08 bits per heavy atom. The molecule has 1 aromatic rings. The number of rotatable bonds is 2. The van der Waals surface area contributed by atoms with Crippen LogP contribution < -0.4 is 4.74 Å². The third kappa shape index (κ3) is 1.42. The van der Waals surface area contributed by atoms with Crippen molar-refractivity contribution in [1.82, 2.24) is 4.98 Å². The van der Waals surface area contributed by atoms with Crippen LogP contribution in [-0.2, 0) is 6.42 Å². The molecule has 0 N–H and O–H groups in total. The Bertz CT molecular complexity index is 252. The third-order valence-corrected chi connectivity index (χ3v) is 2.09. The highest BCUT2D eigenvalue weighted by atomic mass is 16.5. The Balaban J connectivity index is 3.28. The molecule has 0 aliphatic heterocycles. The molecule has 1 aromatic heterocycles. The zero-order chi connectivity index (χ0) is 9.14. The van der Waals surface area contributed by atoms with Gasteiger partial charge in [-0.1, -0.05) is 6.92 Å². The molecule has 2 heteroatoms. The van der Waals surface area contributed by atoms with Crippen molar-refractivity contribution in [3.05, 3.63) is 23.0 Å². The first-order valence-electron chi connectivity index (χ1n) is 4.19. The van der Waals surface area contributed by atoms with E-state index in [9.17, 15) is 0 Å². The van der Waals surface area contributed by atoms with E-state index in [0.29, 0.717) is 0 Å². The van der Waals surface area contributed by atoms with E-state index in [1.54, 1.807) is 7.11 Å². The van der Waals surface area contributed by atoms with E-state index >= 15 is 0 Å². The number of aryl methyl sites for hydroxylation is 2. The van der Waals surface area contributed by atoms with Crippen molar-refractivity contribution in [1.29, 1.82) is 0 Å². The fraction of sp³-hybridized carbons (Fsp3) is 0.500. The molecule has 0 atom stereocenters. The van der Waals surface area contributed by atoms with Gasteiger partial charge in [-0.2, -0.15) is 0 Å². The van der Waals surface area contributed by atoms with Crippen LogP contribution in [0.1, 0.15) is 23.7 Å². The molecular formula is C10H15NO. The first-order chi connectivity index (χ1) is 5.70. The van der Waals surface area contributed by atoms with E-state index in [4.69, 9.17) is 4.74 Å². The molecule has 1 heterocycles. The summed E-state index contributed by atoms with van der Waals surface area (Å²) in [5, 5.41) is 0. The highest BCUT2D eigenvalue weighted by Gasteiger charge is 2.07. The van der Waals surface area contributed by atoms with Gasteiger partial charge >= 0.3 is 0 Å². The van der Waals surface area contributed by atoms with Gasteiger partial charge in [0.05, 0.1) is 12.8 Å². The summed E-state index contributed by atoms with van der Waals surface area (Å²) in [4.78, 5) is 4.23. The quantitative estimate of drug-likeness (QED) is 0.670. The van der Waals surface area contributed by atoms with Gasteiger partial charge in [0.1, 0.15) is 5.75 Å². The lowest BCUT2D eigenvalue weighted by Crippen LogP contribution is -1.98. The zero-order valence-corrected chi connectivity index (χ0v) is 8.14. The van der Waals surface area contributed by atoms with Crippen LogP contribution >= 0.6 is 0 Å². The maximum Gasteiger partial charge on any atom is 0.143 e. The number of hydrogen-bond acceptors (Lipinski definition) is 2. The fourth-order valence-corrected chi connectivity index (χ4v) is 1.44. The standard InChI is InChI=1S/C10H15NO/c1-5-9-7(2)6-11-8(3)10(9)12-4/h6H,5H2,1-4H3. The second-order valence-corrected chi connectivity index (χ2v) is 2.89. The predicted octanol–water partition coefficient (Wildman–Crippen LogP) is 2.27. The van der Waals surface area contributed by atoms with E-state index in [1.165, 1.54) is 11.1 Å². The molecule has 66 valence electrons. The molecule has 0 saturated heterocycles. The summed E-state index contributed by atoms with van der Waals surface area (Å²) in [6.07, 6.45) is 2.90. The minimum atomic E-state index is 0.942. The van der Waals surface area contributed by atoms with Crippen molar-refractivity contribution in [2.75, 3.05) is 7.11 Å². The molecule has 1 rings (SSSR count). The minimum absolute atomic E-state index is 0.942. The van der Waals surface area contributed by atoms with Gasteiger partial charge in [0.15, 0.2) is 0 Å². The number of ether oxygens (including phenoxy) is 1. The van der Waals surface area contributed by atoms with Gasteiger partial charge < -0.3 is 4.74 Å². The number of methoxy groups -OCH3 is 1. The highest BCUT2D eigenvalue weighted by molar-refractivity contribution is 5.41. The normalized spacial score (nSPS) is 10.0. The van der Waals surface area contributed by atoms with E-state index in [0.717, 1.165) is 17.9 Å². The molecule has 0 aromatic carbocycles. The lowest BCUT2D eigenvalue weighted by Gasteiger charge is -2.11. The maximum atomic E-state index is 5.29. The van der Waals surface area contributed by atoms with E-state index in [2.05, 4.69) is 18.8 Å². The molecule has 0 spiro atoms. The van der Waals surface area contributed by atoms with Crippen molar-refractivity contribution in [2.24, 2.45) is 0 Å². The van der Waals surface area contributed by atoms with Crippen molar-refractivity contribution < 1.29 is 4.74 Å². The van der Waals surface area contributed by atoms with Crippen molar-refractivity contribution in [3.8, 4) is 5.75 Å². The van der Waals surface area contributed by atoms with Crippen LogP contribution in [0.2, 0.25) is 0 Å². The Morgan fingerprint density at radius 1 is 1.42 bits per heavy atom. The monoisotopic (exact) mass is 165 g/mol. The van der Waals surface area contributed by atoms with Gasteiger partial charge in [0.25, 0.3) is 0 Å². The summed E-state index contributed by atoms with van der Waals surface area (Å²) < 4.78 is 5.29. The molecule has 0 saturated carbocycles. The Labute approximate surface area is 73.6 Å². The van der Waals surface area contributed by atoms with Gasteiger partial charge in [-0.25, -0.2) is 0 Å². The topological polar surface area (TPSA) is 22.1 Å². The molecule has 0 amide bonds. The third-order valence-electron chi connectivity index (χ3n) is 2.09. The van der Waals surface area contributed by atoms with E-state index in [1.807, 2.05) is 13.1 Å². The molecule has 0 radical (unpaired) electrons. The van der Waals surface area contributed by atoms with Crippen LogP contribution in [0.3, 0.4) is 0 Å². The van der Waals surface area contributed by atoms with Gasteiger partial charge in [-0.3, -0.25) is 4.98 Å². The summed E-state index contributed by atoms with van der Waals surface area (Å²) in [5.41, 5.74) is 3.45. The van der Waals surface area contributed by atoms with Gasteiger partial charge in [-0.15, -0.1) is 0 Å². The van der Waals surface area contributed by atoms with Gasteiger partial charge in [0.2, 0.25) is 0 Å². The molecule has 0 bridgehead atoms. The van der Waals surface area contributed by atoms with Crippen molar-refractivity contribution in [2.45, 2.75) is 27.2 Å². The number of hydrogen-bond donors (Lipinski definition) is 0. The number of aromatic nitrogens is 1. The SMILES string of the molecule is CCc1c(C)cnc(C)c1OC. The molecule has 2 nitrogen and oxygen atoms in total. The smallest absolute Gasteiger partial charge is 0.143 e. The summed E-state index contributed by atoms with van der Waals surface area (Å²) in [7, 11) is 1.70. The predicted molar refractivity (Wildman–Crippen MR) is 49.6 cm³/mol. The largest absolute Gasteiger partial charge is 0.495 e. The van der Waals surface area contributed by atoms with Crippen LogP contribution in [0.5, 0.6) is 5.75 Å². The van der Waals surface area contributed by atoms with Crippen LogP contribution in [0.25, 0.3) is 0 Å². The summed E-state index contributed by atoms with van der Waals surface area (Å²) >= 11 is 0. The fourth-order valence-electron chi connectivity index (χ4n) is 1.44. The number of nitrogens with zero attached hydrogens (tertiary/aromatic N) is 1. The first-order valence-corrected chi connectivity index (χ1v) is 4.19. The average molecular weight is 165 g/mol. The Kier molecular flexibility index (Phi) is 2.69. The van der Waals surface area contributed by atoms with E-state index < -0.39 is 0 Å². The van der Waals surface area contributed by atoms with Gasteiger partial charge in [-0.05, 0) is 25.8 Å². The van der Waals surface area contributed by atoms with Crippen molar-refractivity contribution in [3.63, 3.8) is 0 Å². The molecule has 0 fully saturated rings. The Morgan fingerprint density at radius 3 is 2.50 bits per heavy atom. The van der Waals surface area contributed by atoms with Crippen LogP contribution in [0.4, 0.5) is 0 Å². The van der Waals surface area contributed by atoms with Crippen LogP contribution in [-0.4, -0.2) is 12.1 Å². The molecule has 0 aliphatic carbocycles. The maximum absolute atomic E-state index is 5.29. The molecule has 0 unspecified atom stereocenters. The zero-order valence-electron chi connectivity index (χ0n) is 8.14. The highest BCUT2D eigenvalue weighted by Crippen LogP contribution is 2.24. The molecule has 12 heavy (non-hydrogen) atoms. The van der Waals surface area contributed by atoms with Crippen LogP contribution in [0.15, 0.2) is 6.20 Å². The summed E-state index contributed by atoms with van der Waals surface area (Å²) in [5.74, 6) is 0.942. The Hall–Kier alpha value is -1.05. The lowest BCUT2D eigenvalue weighted by molar-refractivity contribution is 0.404. The van der Waals surface area contributed by atoms with Crippen molar-refractivity contribution >= 4 is 0 Å². The van der Waals surface area contributed by atoms with Gasteiger partial charge in [0, 0.05) is 11.8 Å². The molecule has 0 aliphatic rings. The van der Waals surface area contributed by atoms with E-state index in [-0.39, 0.29) is 0 Å². The summed E-state index contributed by atoms with van der Waals surface area (Å²) in [6, 6.07) is 0. The molecular weight excluding hydrogens is 150 g/mol. The number of pyridine rings is 1. The second kappa shape index (κ2) is 3.57. The first kappa shape index (κ1) is 9.04. The summed E-state index contributed by atoms with van der Waals surface area (Å²) in [6.45, 7) is 6.16. The van der Waals surface area contributed by atoms with Crippen LogP contribution in [0, 0.1) is 13.8 Å².